The summed E-state index contributed by atoms with van der Waals surface area (Å²) >= 11 is 1.12. The van der Waals surface area contributed by atoms with E-state index in [9.17, 15) is 13.6 Å². The van der Waals surface area contributed by atoms with Gasteiger partial charge in [-0.15, -0.1) is 11.8 Å². The van der Waals surface area contributed by atoms with Crippen LogP contribution in [0.2, 0.25) is 0 Å². The second-order valence-electron chi connectivity index (χ2n) is 6.66. The molecule has 0 aliphatic carbocycles. The maximum atomic E-state index is 14.2. The van der Waals surface area contributed by atoms with Gasteiger partial charge >= 0.3 is 0 Å². The van der Waals surface area contributed by atoms with Gasteiger partial charge < -0.3 is 10.6 Å². The fourth-order valence-electron chi connectivity index (χ4n) is 3.36. The van der Waals surface area contributed by atoms with E-state index in [1.807, 2.05) is 42.2 Å². The van der Waals surface area contributed by atoms with E-state index >= 15 is 0 Å². The maximum absolute atomic E-state index is 14.2. The van der Waals surface area contributed by atoms with Crippen LogP contribution < -0.4 is 5.73 Å². The van der Waals surface area contributed by atoms with E-state index in [1.165, 1.54) is 12.1 Å². The molecule has 0 radical (unpaired) electrons. The highest BCUT2D eigenvalue weighted by Gasteiger charge is 2.36. The Balaban J connectivity index is 1.90. The molecule has 3 nitrogen and oxygen atoms in total. The summed E-state index contributed by atoms with van der Waals surface area (Å²) in [6.45, 7) is 3.18. The number of benzene rings is 2. The Morgan fingerprint density at radius 3 is 2.62 bits per heavy atom. The lowest BCUT2D eigenvalue weighted by Gasteiger charge is -2.27. The molecule has 0 saturated carbocycles. The standard InChI is InChI=1S/C20H22F2N2OS/c1-13-9-14(11-23)12-24(13)20(25)19(15-5-3-2-4-6-15)26-18-8-7-16(21)10-17(18)22/h2-8,10,13-14,19H,9,11-12,23H2,1H3. The van der Waals surface area contributed by atoms with Gasteiger partial charge in [0.1, 0.15) is 16.9 Å². The van der Waals surface area contributed by atoms with Crippen molar-refractivity contribution in [3.63, 3.8) is 0 Å². The third-order valence-electron chi connectivity index (χ3n) is 4.74. The first-order valence-electron chi connectivity index (χ1n) is 8.66. The van der Waals surface area contributed by atoms with E-state index in [1.54, 1.807) is 0 Å². The molecule has 26 heavy (non-hydrogen) atoms. The van der Waals surface area contributed by atoms with Gasteiger partial charge in [0.25, 0.3) is 0 Å². The molecule has 1 amide bonds. The highest BCUT2D eigenvalue weighted by Crippen LogP contribution is 2.39. The van der Waals surface area contributed by atoms with Gasteiger partial charge in [0.2, 0.25) is 5.91 Å². The van der Waals surface area contributed by atoms with Crippen LogP contribution in [0.4, 0.5) is 8.78 Å². The monoisotopic (exact) mass is 376 g/mol. The van der Waals surface area contributed by atoms with E-state index in [0.717, 1.165) is 29.8 Å². The highest BCUT2D eigenvalue weighted by molar-refractivity contribution is 8.00. The molecule has 2 N–H and O–H groups in total. The van der Waals surface area contributed by atoms with Crippen molar-refractivity contribution >= 4 is 17.7 Å². The van der Waals surface area contributed by atoms with Gasteiger partial charge in [0.15, 0.2) is 0 Å². The predicted molar refractivity (Wildman–Crippen MR) is 99.7 cm³/mol. The molecule has 0 bridgehead atoms. The first kappa shape index (κ1) is 18.9. The second kappa shape index (κ2) is 8.18. The van der Waals surface area contributed by atoms with E-state index < -0.39 is 16.9 Å². The third-order valence-corrected chi connectivity index (χ3v) is 6.04. The Bertz CT molecular complexity index is 772. The van der Waals surface area contributed by atoms with Gasteiger partial charge in [-0.05, 0) is 43.5 Å². The number of nitrogens with two attached hydrogens (primary N) is 1. The average molecular weight is 376 g/mol. The van der Waals surface area contributed by atoms with Crippen LogP contribution in [-0.2, 0) is 4.79 Å². The fourth-order valence-corrected chi connectivity index (χ4v) is 4.46. The number of carbonyl (C=O) groups is 1. The van der Waals surface area contributed by atoms with Gasteiger partial charge in [-0.3, -0.25) is 4.79 Å². The van der Waals surface area contributed by atoms with Crippen LogP contribution in [-0.4, -0.2) is 29.9 Å². The van der Waals surface area contributed by atoms with Gasteiger partial charge in [0, 0.05) is 23.5 Å². The lowest BCUT2D eigenvalue weighted by atomic mass is 10.1. The molecule has 2 aromatic rings. The van der Waals surface area contributed by atoms with E-state index in [-0.39, 0.29) is 22.8 Å². The minimum absolute atomic E-state index is 0.0617. The Kier molecular flexibility index (Phi) is 5.94. The molecule has 1 aliphatic heterocycles. The van der Waals surface area contributed by atoms with Crippen LogP contribution in [0.3, 0.4) is 0 Å². The van der Waals surface area contributed by atoms with Crippen molar-refractivity contribution in [1.82, 2.24) is 4.90 Å². The first-order chi connectivity index (χ1) is 12.5. The summed E-state index contributed by atoms with van der Waals surface area (Å²) < 4.78 is 27.4. The Morgan fingerprint density at radius 2 is 2.00 bits per heavy atom. The Morgan fingerprint density at radius 1 is 1.27 bits per heavy atom. The van der Waals surface area contributed by atoms with Crippen molar-refractivity contribution in [3.05, 3.63) is 65.7 Å². The zero-order chi connectivity index (χ0) is 18.7. The first-order valence-corrected chi connectivity index (χ1v) is 9.54. The smallest absolute Gasteiger partial charge is 0.240 e. The molecule has 1 aliphatic rings. The SMILES string of the molecule is CC1CC(CN)CN1C(=O)C(Sc1ccc(F)cc1F)c1ccccc1. The number of likely N-dealkylation sites (tertiary alicyclic amines) is 1. The van der Waals surface area contributed by atoms with Crippen LogP contribution in [0.25, 0.3) is 0 Å². The molecular weight excluding hydrogens is 354 g/mol. The number of carbonyl (C=O) groups excluding carboxylic acids is 1. The quantitative estimate of drug-likeness (QED) is 0.803. The molecule has 0 spiro atoms. The normalized spacial score (nSPS) is 21.0. The summed E-state index contributed by atoms with van der Waals surface area (Å²) in [6, 6.07) is 12.8. The maximum Gasteiger partial charge on any atom is 0.240 e. The van der Waals surface area contributed by atoms with Crippen LogP contribution in [0.5, 0.6) is 0 Å². The van der Waals surface area contributed by atoms with Crippen molar-refractivity contribution in [3.8, 4) is 0 Å². The molecule has 3 unspecified atom stereocenters. The second-order valence-corrected chi connectivity index (χ2v) is 7.81. The summed E-state index contributed by atoms with van der Waals surface area (Å²) in [4.78, 5) is 15.4. The molecule has 2 aromatic carbocycles. The molecule has 0 aromatic heterocycles. The topological polar surface area (TPSA) is 46.3 Å². The summed E-state index contributed by atoms with van der Waals surface area (Å²) in [5.74, 6) is -1.06. The minimum atomic E-state index is -0.655. The molecule has 1 heterocycles. The molecule has 3 rings (SSSR count). The lowest BCUT2D eigenvalue weighted by molar-refractivity contribution is -0.131. The zero-order valence-corrected chi connectivity index (χ0v) is 15.4. The van der Waals surface area contributed by atoms with Crippen LogP contribution >= 0.6 is 11.8 Å². The van der Waals surface area contributed by atoms with Gasteiger partial charge in [-0.1, -0.05) is 30.3 Å². The van der Waals surface area contributed by atoms with Crippen molar-refractivity contribution in [2.45, 2.75) is 29.5 Å². The molecule has 1 saturated heterocycles. The number of nitrogens with zero attached hydrogens (tertiary/aromatic N) is 1. The molecule has 138 valence electrons. The van der Waals surface area contributed by atoms with Crippen molar-refractivity contribution in [2.75, 3.05) is 13.1 Å². The Hall–Kier alpha value is -1.92. The minimum Gasteiger partial charge on any atom is -0.338 e. The number of amides is 1. The van der Waals surface area contributed by atoms with E-state index in [0.29, 0.717) is 13.1 Å². The lowest BCUT2D eigenvalue weighted by Crippen LogP contribution is -2.37. The summed E-state index contributed by atoms with van der Waals surface area (Å²) in [5.41, 5.74) is 6.58. The molecule has 6 heteroatoms. The van der Waals surface area contributed by atoms with Crippen LogP contribution in [0.15, 0.2) is 53.4 Å². The van der Waals surface area contributed by atoms with E-state index in [4.69, 9.17) is 5.73 Å². The summed E-state index contributed by atoms with van der Waals surface area (Å²) in [7, 11) is 0. The number of rotatable bonds is 5. The third kappa shape index (κ3) is 4.07. The predicted octanol–water partition coefficient (Wildman–Crippen LogP) is 3.99. The summed E-state index contributed by atoms with van der Waals surface area (Å²) in [5, 5.41) is -0.588. The van der Waals surface area contributed by atoms with Crippen molar-refractivity contribution in [1.29, 1.82) is 0 Å². The van der Waals surface area contributed by atoms with E-state index in [2.05, 4.69) is 0 Å². The van der Waals surface area contributed by atoms with Gasteiger partial charge in [0.05, 0.1) is 0 Å². The van der Waals surface area contributed by atoms with Crippen LogP contribution in [0, 0.1) is 17.6 Å². The van der Waals surface area contributed by atoms with Crippen LogP contribution in [0.1, 0.15) is 24.2 Å². The number of hydrogen-bond acceptors (Lipinski definition) is 3. The Labute approximate surface area is 156 Å². The van der Waals surface area contributed by atoms with Gasteiger partial charge in [-0.2, -0.15) is 0 Å². The van der Waals surface area contributed by atoms with Crippen molar-refractivity contribution < 1.29 is 13.6 Å². The molecule has 1 fully saturated rings. The largest absolute Gasteiger partial charge is 0.338 e. The van der Waals surface area contributed by atoms with Gasteiger partial charge in [-0.25, -0.2) is 8.78 Å². The zero-order valence-electron chi connectivity index (χ0n) is 14.6. The number of halogens is 2. The summed E-state index contributed by atoms with van der Waals surface area (Å²) in [6.07, 6.45) is 0.874. The number of hydrogen-bond donors (Lipinski definition) is 1. The van der Waals surface area contributed by atoms with Crippen molar-refractivity contribution in [2.24, 2.45) is 11.7 Å². The molecule has 3 atom stereocenters. The molecular formula is C20H22F2N2OS. The fraction of sp³-hybridized carbons (Fsp3) is 0.350. The number of thioether (sulfide) groups is 1. The average Bonchev–Trinajstić information content (AvgIpc) is 3.02. The highest BCUT2D eigenvalue weighted by atomic mass is 32.2.